The molecule has 1 aromatic carbocycles. The third kappa shape index (κ3) is 7.42. The monoisotopic (exact) mass is 569 g/mol. The van der Waals surface area contributed by atoms with Gasteiger partial charge in [0, 0.05) is 32.2 Å². The van der Waals surface area contributed by atoms with Crippen molar-refractivity contribution in [2.24, 2.45) is 10.9 Å². The maximum atomic E-state index is 13.9. The van der Waals surface area contributed by atoms with Gasteiger partial charge in [-0.05, 0) is 76.0 Å². The Bertz CT molecular complexity index is 848. The fourth-order valence-electron chi connectivity index (χ4n) is 4.81. The summed E-state index contributed by atoms with van der Waals surface area (Å²) in [7, 11) is 1.82. The van der Waals surface area contributed by atoms with Gasteiger partial charge >= 0.3 is 0 Å². The SMILES string of the molecule is CN=C(NCC1CCN(Cc2ccccc2F)CC1)NCC(c1ccco1)N1CCCC1.I. The summed E-state index contributed by atoms with van der Waals surface area (Å²) >= 11 is 0. The first-order valence-corrected chi connectivity index (χ1v) is 11.9. The van der Waals surface area contributed by atoms with Gasteiger partial charge in [-0.15, -0.1) is 24.0 Å². The van der Waals surface area contributed by atoms with Crippen molar-refractivity contribution in [1.82, 2.24) is 20.4 Å². The molecule has 0 amide bonds. The number of guanidine groups is 1. The maximum absolute atomic E-state index is 13.9. The van der Waals surface area contributed by atoms with Gasteiger partial charge in [-0.1, -0.05) is 18.2 Å². The van der Waals surface area contributed by atoms with Crippen molar-refractivity contribution < 1.29 is 8.81 Å². The smallest absolute Gasteiger partial charge is 0.191 e. The molecule has 182 valence electrons. The molecular formula is C25H37FIN5O. The molecule has 1 unspecified atom stereocenters. The Morgan fingerprint density at radius 2 is 1.85 bits per heavy atom. The number of furan rings is 1. The topological polar surface area (TPSA) is 56.0 Å². The highest BCUT2D eigenvalue weighted by Gasteiger charge is 2.26. The van der Waals surface area contributed by atoms with Gasteiger partial charge in [-0.3, -0.25) is 14.8 Å². The Morgan fingerprint density at radius 3 is 2.52 bits per heavy atom. The Kier molecular flexibility index (Phi) is 10.5. The zero-order valence-corrected chi connectivity index (χ0v) is 21.8. The summed E-state index contributed by atoms with van der Waals surface area (Å²) in [5.41, 5.74) is 0.790. The largest absolute Gasteiger partial charge is 0.468 e. The number of benzene rings is 1. The number of aliphatic imine (C=N–C) groups is 1. The first-order chi connectivity index (χ1) is 15.7. The van der Waals surface area contributed by atoms with Crippen LogP contribution in [0.1, 0.15) is 43.0 Å². The standard InChI is InChI=1S/C25H36FN5O.HI/c1-27-25(29-18-23(24-9-6-16-32-24)31-12-4-5-13-31)28-17-20-10-14-30(15-11-20)19-21-7-2-3-8-22(21)26;/h2-3,6-9,16,20,23H,4-5,10-15,17-19H2,1H3,(H2,27,28,29);1H. The zero-order chi connectivity index (χ0) is 22.2. The van der Waals surface area contributed by atoms with Crippen LogP contribution in [0.5, 0.6) is 0 Å². The van der Waals surface area contributed by atoms with Crippen LogP contribution < -0.4 is 10.6 Å². The summed E-state index contributed by atoms with van der Waals surface area (Å²) in [4.78, 5) is 9.27. The van der Waals surface area contributed by atoms with E-state index in [4.69, 9.17) is 4.42 Å². The lowest BCUT2D eigenvalue weighted by Gasteiger charge is -2.32. The number of nitrogens with zero attached hydrogens (tertiary/aromatic N) is 3. The molecule has 4 rings (SSSR count). The molecule has 2 fully saturated rings. The summed E-state index contributed by atoms with van der Waals surface area (Å²) < 4.78 is 19.6. The molecule has 0 spiro atoms. The minimum atomic E-state index is -0.104. The highest BCUT2D eigenvalue weighted by molar-refractivity contribution is 14.0. The van der Waals surface area contributed by atoms with Gasteiger partial charge < -0.3 is 15.1 Å². The molecule has 8 heteroatoms. The number of piperidine rings is 1. The van der Waals surface area contributed by atoms with Gasteiger partial charge in [-0.2, -0.15) is 0 Å². The number of rotatable bonds is 8. The summed E-state index contributed by atoms with van der Waals surface area (Å²) in [6, 6.07) is 11.3. The van der Waals surface area contributed by atoms with Gasteiger partial charge in [0.15, 0.2) is 5.96 Å². The Balaban J connectivity index is 0.00000306. The van der Waals surface area contributed by atoms with E-state index in [-0.39, 0.29) is 35.8 Å². The molecule has 2 aliphatic heterocycles. The third-order valence-electron chi connectivity index (χ3n) is 6.76. The predicted molar refractivity (Wildman–Crippen MR) is 141 cm³/mol. The van der Waals surface area contributed by atoms with Crippen molar-refractivity contribution in [3.8, 4) is 0 Å². The number of halogens is 2. The van der Waals surface area contributed by atoms with Gasteiger partial charge in [0.1, 0.15) is 11.6 Å². The van der Waals surface area contributed by atoms with Crippen LogP contribution in [0.25, 0.3) is 0 Å². The van der Waals surface area contributed by atoms with Crippen LogP contribution in [-0.2, 0) is 6.54 Å². The molecule has 1 atom stereocenters. The van der Waals surface area contributed by atoms with Crippen molar-refractivity contribution in [1.29, 1.82) is 0 Å². The van der Waals surface area contributed by atoms with Crippen LogP contribution in [0.3, 0.4) is 0 Å². The summed E-state index contributed by atoms with van der Waals surface area (Å²) in [5, 5.41) is 7.02. The van der Waals surface area contributed by atoms with Crippen molar-refractivity contribution in [3.05, 3.63) is 59.8 Å². The molecule has 2 N–H and O–H groups in total. The van der Waals surface area contributed by atoms with Crippen molar-refractivity contribution >= 4 is 29.9 Å². The minimum absolute atomic E-state index is 0. The second kappa shape index (κ2) is 13.3. The van der Waals surface area contributed by atoms with E-state index in [9.17, 15) is 4.39 Å². The van der Waals surface area contributed by atoms with Crippen molar-refractivity contribution in [2.45, 2.75) is 38.3 Å². The summed E-state index contributed by atoms with van der Waals surface area (Å²) in [5.74, 6) is 2.35. The summed E-state index contributed by atoms with van der Waals surface area (Å²) in [6.45, 7) is 6.61. The van der Waals surface area contributed by atoms with Gasteiger partial charge in [0.2, 0.25) is 0 Å². The lowest BCUT2D eigenvalue weighted by Crippen LogP contribution is -2.45. The molecule has 0 radical (unpaired) electrons. The molecule has 0 saturated carbocycles. The average Bonchev–Trinajstić information content (AvgIpc) is 3.54. The zero-order valence-electron chi connectivity index (χ0n) is 19.5. The van der Waals surface area contributed by atoms with Crippen LogP contribution in [0, 0.1) is 11.7 Å². The fraction of sp³-hybridized carbons (Fsp3) is 0.560. The number of hydrogen-bond donors (Lipinski definition) is 2. The average molecular weight is 570 g/mol. The molecule has 0 bridgehead atoms. The molecule has 6 nitrogen and oxygen atoms in total. The number of hydrogen-bond acceptors (Lipinski definition) is 4. The maximum Gasteiger partial charge on any atom is 0.191 e. The van der Waals surface area contributed by atoms with Crippen LogP contribution in [0.4, 0.5) is 4.39 Å². The predicted octanol–water partition coefficient (Wildman–Crippen LogP) is 4.25. The molecule has 2 aliphatic rings. The number of likely N-dealkylation sites (tertiary alicyclic amines) is 2. The van der Waals surface area contributed by atoms with Crippen molar-refractivity contribution in [3.63, 3.8) is 0 Å². The van der Waals surface area contributed by atoms with E-state index in [2.05, 4.69) is 31.5 Å². The molecule has 3 heterocycles. The van der Waals surface area contributed by atoms with E-state index >= 15 is 0 Å². The molecule has 2 saturated heterocycles. The lowest BCUT2D eigenvalue weighted by atomic mass is 9.96. The quantitative estimate of drug-likeness (QED) is 0.283. The minimum Gasteiger partial charge on any atom is -0.468 e. The normalized spacial score (nSPS) is 19.3. The van der Waals surface area contributed by atoms with Crippen LogP contribution in [0.15, 0.2) is 52.1 Å². The van der Waals surface area contributed by atoms with Gasteiger partial charge in [0.05, 0.1) is 12.3 Å². The van der Waals surface area contributed by atoms with Crippen LogP contribution in [0.2, 0.25) is 0 Å². The van der Waals surface area contributed by atoms with E-state index in [0.29, 0.717) is 12.5 Å². The van der Waals surface area contributed by atoms with E-state index < -0.39 is 0 Å². The van der Waals surface area contributed by atoms with Gasteiger partial charge in [0.25, 0.3) is 0 Å². The molecule has 1 aromatic heterocycles. The first-order valence-electron chi connectivity index (χ1n) is 11.9. The highest BCUT2D eigenvalue weighted by Crippen LogP contribution is 2.25. The fourth-order valence-corrected chi connectivity index (χ4v) is 4.81. The number of nitrogens with one attached hydrogen (secondary N) is 2. The molecule has 2 aromatic rings. The van der Waals surface area contributed by atoms with E-state index in [0.717, 1.165) is 69.4 Å². The highest BCUT2D eigenvalue weighted by atomic mass is 127. The third-order valence-corrected chi connectivity index (χ3v) is 6.76. The van der Waals surface area contributed by atoms with Crippen molar-refractivity contribution in [2.75, 3.05) is 46.3 Å². The molecule has 0 aliphatic carbocycles. The Morgan fingerprint density at radius 1 is 1.09 bits per heavy atom. The second-order valence-electron chi connectivity index (χ2n) is 8.92. The van der Waals surface area contributed by atoms with Crippen LogP contribution >= 0.6 is 24.0 Å². The first kappa shape index (κ1) is 26.0. The van der Waals surface area contributed by atoms with E-state index in [1.165, 1.54) is 12.8 Å². The Hall–Kier alpha value is -1.65. The molecule has 33 heavy (non-hydrogen) atoms. The second-order valence-corrected chi connectivity index (χ2v) is 8.92. The Labute approximate surface area is 214 Å². The van der Waals surface area contributed by atoms with Crippen LogP contribution in [-0.4, -0.2) is 62.1 Å². The lowest BCUT2D eigenvalue weighted by molar-refractivity contribution is 0.176. The van der Waals surface area contributed by atoms with Gasteiger partial charge in [-0.25, -0.2) is 4.39 Å². The molecular weight excluding hydrogens is 532 g/mol. The summed E-state index contributed by atoms with van der Waals surface area (Å²) in [6.07, 6.45) is 6.48. The van der Waals surface area contributed by atoms with E-state index in [1.54, 1.807) is 18.4 Å². The van der Waals surface area contributed by atoms with E-state index in [1.807, 2.05) is 25.2 Å².